The van der Waals surface area contributed by atoms with Crippen molar-refractivity contribution in [3.63, 3.8) is 0 Å². The highest BCUT2D eigenvalue weighted by molar-refractivity contribution is 6.30. The van der Waals surface area contributed by atoms with Crippen molar-refractivity contribution in [2.45, 2.75) is 26.8 Å². The van der Waals surface area contributed by atoms with Gasteiger partial charge in [-0.1, -0.05) is 30.7 Å². The van der Waals surface area contributed by atoms with Crippen molar-refractivity contribution >= 4 is 23.0 Å². The molecule has 0 amide bonds. The van der Waals surface area contributed by atoms with Gasteiger partial charge in [0.05, 0.1) is 17.1 Å². The molecule has 1 heterocycles. The topological polar surface area (TPSA) is 47.1 Å². The van der Waals surface area contributed by atoms with Gasteiger partial charge in [0.1, 0.15) is 5.15 Å². The van der Waals surface area contributed by atoms with E-state index in [0.717, 1.165) is 42.1 Å². The van der Waals surface area contributed by atoms with E-state index in [2.05, 4.69) is 16.9 Å². The molecule has 2 N–H and O–H groups in total. The monoisotopic (exact) mass is 292 g/mol. The molecule has 108 valence electrons. The van der Waals surface area contributed by atoms with Gasteiger partial charge in [0, 0.05) is 25.7 Å². The molecule has 2 rings (SSSR count). The van der Waals surface area contributed by atoms with Gasteiger partial charge in [-0.25, -0.2) is 0 Å². The fraction of sp³-hybridized carbons (Fsp3) is 0.400. The Morgan fingerprint density at radius 2 is 2.05 bits per heavy atom. The van der Waals surface area contributed by atoms with Crippen LogP contribution < -0.4 is 10.6 Å². The maximum atomic E-state index is 6.33. The lowest BCUT2D eigenvalue weighted by atomic mass is 10.2. The normalized spacial score (nSPS) is 10.8. The Morgan fingerprint density at radius 3 is 2.60 bits per heavy atom. The smallest absolute Gasteiger partial charge is 0.131 e. The van der Waals surface area contributed by atoms with Crippen LogP contribution in [0.25, 0.3) is 0 Å². The van der Waals surface area contributed by atoms with Crippen LogP contribution in [0.15, 0.2) is 24.3 Å². The summed E-state index contributed by atoms with van der Waals surface area (Å²) in [6.45, 7) is 5.79. The van der Waals surface area contributed by atoms with Gasteiger partial charge in [-0.15, -0.1) is 0 Å². The summed E-state index contributed by atoms with van der Waals surface area (Å²) in [6, 6.07) is 7.93. The standard InChI is InChI=1S/C15H21ClN4/c1-4-9-20(14-8-6-5-7-13(14)17)10-12-11(2)18-19(3)15(12)16/h5-8H,4,9-10,17H2,1-3H3. The van der Waals surface area contributed by atoms with E-state index < -0.39 is 0 Å². The molecule has 4 nitrogen and oxygen atoms in total. The zero-order chi connectivity index (χ0) is 14.7. The van der Waals surface area contributed by atoms with Crippen LogP contribution >= 0.6 is 11.6 Å². The molecule has 0 spiro atoms. The van der Waals surface area contributed by atoms with Crippen LogP contribution in [0.4, 0.5) is 11.4 Å². The molecule has 5 heteroatoms. The molecule has 1 aromatic carbocycles. The third-order valence-electron chi connectivity index (χ3n) is 3.39. The molecule has 0 saturated carbocycles. The van der Waals surface area contributed by atoms with Crippen molar-refractivity contribution in [1.29, 1.82) is 0 Å². The van der Waals surface area contributed by atoms with E-state index in [1.54, 1.807) is 4.68 Å². The van der Waals surface area contributed by atoms with Gasteiger partial charge in [-0.2, -0.15) is 5.10 Å². The first-order chi connectivity index (χ1) is 9.54. The minimum absolute atomic E-state index is 0.693. The van der Waals surface area contributed by atoms with Crippen LogP contribution in [0.1, 0.15) is 24.6 Å². The third-order valence-corrected chi connectivity index (χ3v) is 3.86. The van der Waals surface area contributed by atoms with E-state index in [-0.39, 0.29) is 0 Å². The maximum Gasteiger partial charge on any atom is 0.131 e. The number of nitrogens with two attached hydrogens (primary N) is 1. The number of halogens is 1. The molecule has 0 aliphatic heterocycles. The highest BCUT2D eigenvalue weighted by atomic mass is 35.5. The van der Waals surface area contributed by atoms with E-state index in [1.807, 2.05) is 38.2 Å². The van der Waals surface area contributed by atoms with Crippen molar-refractivity contribution in [2.24, 2.45) is 7.05 Å². The minimum Gasteiger partial charge on any atom is -0.397 e. The molecule has 0 aliphatic rings. The summed E-state index contributed by atoms with van der Waals surface area (Å²) in [7, 11) is 1.86. The number of aryl methyl sites for hydroxylation is 2. The first kappa shape index (κ1) is 14.7. The van der Waals surface area contributed by atoms with Crippen LogP contribution in [0.3, 0.4) is 0 Å². The van der Waals surface area contributed by atoms with Crippen molar-refractivity contribution in [3.05, 3.63) is 40.7 Å². The predicted octanol–water partition coefficient (Wildman–Crippen LogP) is 3.38. The fourth-order valence-electron chi connectivity index (χ4n) is 2.37. The third kappa shape index (κ3) is 2.90. The number of para-hydroxylation sites is 2. The number of hydrogen-bond donors (Lipinski definition) is 1. The van der Waals surface area contributed by atoms with Gasteiger partial charge in [-0.05, 0) is 25.5 Å². The van der Waals surface area contributed by atoms with E-state index in [0.29, 0.717) is 5.15 Å². The van der Waals surface area contributed by atoms with Crippen LogP contribution in [-0.2, 0) is 13.6 Å². The van der Waals surface area contributed by atoms with Crippen LogP contribution in [-0.4, -0.2) is 16.3 Å². The van der Waals surface area contributed by atoms with Gasteiger partial charge >= 0.3 is 0 Å². The average Bonchev–Trinajstić information content (AvgIpc) is 2.65. The summed E-state index contributed by atoms with van der Waals surface area (Å²) in [6.07, 6.45) is 1.05. The molecular formula is C15H21ClN4. The fourth-order valence-corrected chi connectivity index (χ4v) is 2.61. The summed E-state index contributed by atoms with van der Waals surface area (Å²) in [5, 5.41) is 5.06. The quantitative estimate of drug-likeness (QED) is 0.860. The van der Waals surface area contributed by atoms with E-state index in [9.17, 15) is 0 Å². The average molecular weight is 293 g/mol. The second kappa shape index (κ2) is 6.18. The zero-order valence-corrected chi connectivity index (χ0v) is 13.0. The summed E-state index contributed by atoms with van der Waals surface area (Å²) < 4.78 is 1.71. The highest BCUT2D eigenvalue weighted by Gasteiger charge is 2.16. The highest BCUT2D eigenvalue weighted by Crippen LogP contribution is 2.27. The summed E-state index contributed by atoms with van der Waals surface area (Å²) in [4.78, 5) is 2.26. The van der Waals surface area contributed by atoms with Crippen molar-refractivity contribution in [1.82, 2.24) is 9.78 Å². The molecular weight excluding hydrogens is 272 g/mol. The largest absolute Gasteiger partial charge is 0.397 e. The first-order valence-electron chi connectivity index (χ1n) is 6.82. The lowest BCUT2D eigenvalue weighted by Gasteiger charge is -2.25. The molecule has 2 aromatic rings. The predicted molar refractivity (Wildman–Crippen MR) is 85.2 cm³/mol. The Labute approximate surface area is 125 Å². The summed E-state index contributed by atoms with van der Waals surface area (Å²) >= 11 is 6.33. The van der Waals surface area contributed by atoms with E-state index in [1.165, 1.54) is 0 Å². The second-order valence-electron chi connectivity index (χ2n) is 4.96. The molecule has 0 atom stereocenters. The number of benzene rings is 1. The molecule has 0 bridgehead atoms. The number of nitrogen functional groups attached to an aromatic ring is 1. The lowest BCUT2D eigenvalue weighted by molar-refractivity contribution is 0.755. The number of nitrogens with zero attached hydrogens (tertiary/aromatic N) is 3. The van der Waals surface area contributed by atoms with E-state index >= 15 is 0 Å². The van der Waals surface area contributed by atoms with Crippen molar-refractivity contribution < 1.29 is 0 Å². The van der Waals surface area contributed by atoms with Gasteiger partial charge in [0.25, 0.3) is 0 Å². The SMILES string of the molecule is CCCN(Cc1c(C)nn(C)c1Cl)c1ccccc1N. The van der Waals surface area contributed by atoms with Crippen LogP contribution in [0, 0.1) is 6.92 Å². The first-order valence-corrected chi connectivity index (χ1v) is 7.19. The Kier molecular flexibility index (Phi) is 4.55. The molecule has 0 saturated heterocycles. The van der Waals surface area contributed by atoms with Gasteiger partial charge in [0.2, 0.25) is 0 Å². The second-order valence-corrected chi connectivity index (χ2v) is 5.32. The van der Waals surface area contributed by atoms with Gasteiger partial charge < -0.3 is 10.6 Å². The number of anilines is 2. The van der Waals surface area contributed by atoms with Gasteiger partial charge in [0.15, 0.2) is 0 Å². The Morgan fingerprint density at radius 1 is 1.35 bits per heavy atom. The molecule has 20 heavy (non-hydrogen) atoms. The minimum atomic E-state index is 0.693. The Bertz CT molecular complexity index is 592. The van der Waals surface area contributed by atoms with Crippen molar-refractivity contribution in [2.75, 3.05) is 17.2 Å². The lowest BCUT2D eigenvalue weighted by Crippen LogP contribution is -2.24. The zero-order valence-electron chi connectivity index (χ0n) is 12.2. The molecule has 0 aliphatic carbocycles. The molecule has 0 unspecified atom stereocenters. The van der Waals surface area contributed by atoms with Crippen LogP contribution in [0.5, 0.6) is 0 Å². The van der Waals surface area contributed by atoms with Crippen LogP contribution in [0.2, 0.25) is 5.15 Å². The van der Waals surface area contributed by atoms with Crippen molar-refractivity contribution in [3.8, 4) is 0 Å². The Hall–Kier alpha value is -1.68. The maximum absolute atomic E-state index is 6.33. The number of rotatable bonds is 5. The number of aromatic nitrogens is 2. The molecule has 0 fully saturated rings. The van der Waals surface area contributed by atoms with E-state index in [4.69, 9.17) is 17.3 Å². The molecule has 1 aromatic heterocycles. The van der Waals surface area contributed by atoms with Gasteiger partial charge in [-0.3, -0.25) is 4.68 Å². The Balaban J connectivity index is 2.33. The summed E-state index contributed by atoms with van der Waals surface area (Å²) in [5.41, 5.74) is 9.96. The molecule has 0 radical (unpaired) electrons. The number of hydrogen-bond acceptors (Lipinski definition) is 3. The summed E-state index contributed by atoms with van der Waals surface area (Å²) in [5.74, 6) is 0.